The lowest BCUT2D eigenvalue weighted by atomic mass is 9.58. The number of ether oxygens (including phenoxy) is 1. The van der Waals surface area contributed by atoms with E-state index in [2.05, 4.69) is 46.9 Å². The molecule has 0 saturated heterocycles. The smallest absolute Gasteiger partial charge is 0.0664 e. The highest BCUT2D eigenvalue weighted by molar-refractivity contribution is 5.06. The lowest BCUT2D eigenvalue weighted by Gasteiger charge is -2.56. The zero-order valence-electron chi connectivity index (χ0n) is 13.3. The topological polar surface area (TPSA) is 21.3 Å². The standard InChI is InChI=1S/C16H33NO/c1-7-10-17-14-11-15(16(14,8-2)9-3)18-13(6)12(4)5/h12-15,17H,7-11H2,1-6H3. The molecule has 0 heterocycles. The van der Waals surface area contributed by atoms with Gasteiger partial charge in [-0.15, -0.1) is 0 Å². The summed E-state index contributed by atoms with van der Waals surface area (Å²) in [6, 6.07) is 0.664. The highest BCUT2D eigenvalue weighted by Gasteiger charge is 2.53. The first-order valence-corrected chi connectivity index (χ1v) is 7.90. The molecule has 1 N–H and O–H groups in total. The first-order valence-electron chi connectivity index (χ1n) is 7.90. The van der Waals surface area contributed by atoms with Crippen molar-refractivity contribution in [3.8, 4) is 0 Å². The molecule has 2 nitrogen and oxygen atoms in total. The van der Waals surface area contributed by atoms with E-state index in [1.54, 1.807) is 0 Å². The van der Waals surface area contributed by atoms with Crippen LogP contribution in [0.1, 0.15) is 67.2 Å². The number of nitrogens with one attached hydrogen (secondary N) is 1. The average molecular weight is 255 g/mol. The molecule has 0 spiro atoms. The molecule has 1 fully saturated rings. The first kappa shape index (κ1) is 16.0. The summed E-state index contributed by atoms with van der Waals surface area (Å²) in [7, 11) is 0. The molecule has 0 bridgehead atoms. The molecular weight excluding hydrogens is 222 g/mol. The summed E-state index contributed by atoms with van der Waals surface area (Å²) in [4.78, 5) is 0. The third-order valence-corrected chi connectivity index (χ3v) is 5.06. The highest BCUT2D eigenvalue weighted by atomic mass is 16.5. The van der Waals surface area contributed by atoms with Crippen LogP contribution >= 0.6 is 0 Å². The molecule has 0 radical (unpaired) electrons. The maximum atomic E-state index is 6.32. The van der Waals surface area contributed by atoms with E-state index in [0.717, 1.165) is 6.54 Å². The van der Waals surface area contributed by atoms with Gasteiger partial charge in [0, 0.05) is 11.5 Å². The maximum absolute atomic E-state index is 6.32. The van der Waals surface area contributed by atoms with E-state index in [9.17, 15) is 0 Å². The van der Waals surface area contributed by atoms with Crippen LogP contribution in [0, 0.1) is 11.3 Å². The van der Waals surface area contributed by atoms with E-state index < -0.39 is 0 Å². The van der Waals surface area contributed by atoms with Crippen molar-refractivity contribution in [3.63, 3.8) is 0 Å². The molecule has 0 aromatic carbocycles. The molecule has 3 atom stereocenters. The van der Waals surface area contributed by atoms with Gasteiger partial charge in [0.1, 0.15) is 0 Å². The van der Waals surface area contributed by atoms with Crippen LogP contribution in [0.15, 0.2) is 0 Å². The summed E-state index contributed by atoms with van der Waals surface area (Å²) in [5.74, 6) is 0.610. The summed E-state index contributed by atoms with van der Waals surface area (Å²) in [6.45, 7) is 14.7. The Hall–Kier alpha value is -0.0800. The van der Waals surface area contributed by atoms with E-state index in [0.29, 0.717) is 29.6 Å². The van der Waals surface area contributed by atoms with Crippen molar-refractivity contribution in [2.75, 3.05) is 6.54 Å². The molecule has 18 heavy (non-hydrogen) atoms. The summed E-state index contributed by atoms with van der Waals surface area (Å²) in [5, 5.41) is 3.71. The Kier molecular flexibility index (Phi) is 6.13. The van der Waals surface area contributed by atoms with Gasteiger partial charge in [-0.2, -0.15) is 0 Å². The second-order valence-electron chi connectivity index (χ2n) is 6.26. The van der Waals surface area contributed by atoms with Crippen LogP contribution in [-0.4, -0.2) is 24.8 Å². The third-order valence-electron chi connectivity index (χ3n) is 5.06. The van der Waals surface area contributed by atoms with Crippen molar-refractivity contribution in [1.29, 1.82) is 0 Å². The molecular formula is C16H33NO. The molecule has 1 rings (SSSR count). The van der Waals surface area contributed by atoms with E-state index in [1.807, 2.05) is 0 Å². The van der Waals surface area contributed by atoms with Gasteiger partial charge in [-0.3, -0.25) is 0 Å². The Labute approximate surface area is 114 Å². The van der Waals surface area contributed by atoms with Crippen LogP contribution in [0.3, 0.4) is 0 Å². The number of hydrogen-bond acceptors (Lipinski definition) is 2. The van der Waals surface area contributed by atoms with Crippen LogP contribution in [0.4, 0.5) is 0 Å². The third kappa shape index (κ3) is 3.08. The summed E-state index contributed by atoms with van der Waals surface area (Å²) >= 11 is 0. The average Bonchev–Trinajstić information content (AvgIpc) is 2.34. The van der Waals surface area contributed by atoms with Crippen molar-refractivity contribution in [2.24, 2.45) is 11.3 Å². The van der Waals surface area contributed by atoms with Crippen LogP contribution in [0.25, 0.3) is 0 Å². The van der Waals surface area contributed by atoms with Crippen LogP contribution in [-0.2, 0) is 4.74 Å². The molecule has 0 aromatic heterocycles. The largest absolute Gasteiger partial charge is 0.374 e. The minimum Gasteiger partial charge on any atom is -0.374 e. The van der Waals surface area contributed by atoms with Gasteiger partial charge in [0.2, 0.25) is 0 Å². The maximum Gasteiger partial charge on any atom is 0.0664 e. The van der Waals surface area contributed by atoms with E-state index in [4.69, 9.17) is 4.74 Å². The number of hydrogen-bond donors (Lipinski definition) is 1. The molecule has 2 heteroatoms. The van der Waals surface area contributed by atoms with Gasteiger partial charge in [0.15, 0.2) is 0 Å². The Morgan fingerprint density at radius 3 is 2.22 bits per heavy atom. The van der Waals surface area contributed by atoms with Crippen molar-refractivity contribution in [1.82, 2.24) is 5.32 Å². The molecule has 1 saturated carbocycles. The Morgan fingerprint density at radius 1 is 1.17 bits per heavy atom. The monoisotopic (exact) mass is 255 g/mol. The van der Waals surface area contributed by atoms with Gasteiger partial charge in [-0.05, 0) is 45.1 Å². The zero-order valence-corrected chi connectivity index (χ0v) is 13.3. The van der Waals surface area contributed by atoms with Crippen molar-refractivity contribution in [3.05, 3.63) is 0 Å². The lowest BCUT2D eigenvalue weighted by Crippen LogP contribution is -2.64. The van der Waals surface area contributed by atoms with Crippen LogP contribution < -0.4 is 5.32 Å². The van der Waals surface area contributed by atoms with Gasteiger partial charge < -0.3 is 10.1 Å². The fourth-order valence-electron chi connectivity index (χ4n) is 3.16. The van der Waals surface area contributed by atoms with Gasteiger partial charge in [0.05, 0.1) is 12.2 Å². The van der Waals surface area contributed by atoms with E-state index in [1.165, 1.54) is 25.7 Å². The van der Waals surface area contributed by atoms with Gasteiger partial charge in [-0.25, -0.2) is 0 Å². The molecule has 0 aliphatic heterocycles. The highest BCUT2D eigenvalue weighted by Crippen LogP contribution is 2.49. The molecule has 1 aliphatic carbocycles. The quantitative estimate of drug-likeness (QED) is 0.708. The fourth-order valence-corrected chi connectivity index (χ4v) is 3.16. The van der Waals surface area contributed by atoms with E-state index >= 15 is 0 Å². The van der Waals surface area contributed by atoms with Gasteiger partial charge in [-0.1, -0.05) is 34.6 Å². The molecule has 1 aliphatic rings. The fraction of sp³-hybridized carbons (Fsp3) is 1.00. The molecule has 3 unspecified atom stereocenters. The summed E-state index contributed by atoms with van der Waals surface area (Å²) < 4.78 is 6.32. The summed E-state index contributed by atoms with van der Waals surface area (Å²) in [5.41, 5.74) is 0.373. The normalized spacial score (nSPS) is 28.2. The zero-order chi connectivity index (χ0) is 13.8. The van der Waals surface area contributed by atoms with Crippen LogP contribution in [0.5, 0.6) is 0 Å². The van der Waals surface area contributed by atoms with E-state index in [-0.39, 0.29) is 0 Å². The second-order valence-corrected chi connectivity index (χ2v) is 6.26. The molecule has 0 aromatic rings. The Morgan fingerprint density at radius 2 is 1.78 bits per heavy atom. The minimum atomic E-state index is 0.373. The first-order chi connectivity index (χ1) is 8.51. The summed E-state index contributed by atoms with van der Waals surface area (Å²) in [6.07, 6.45) is 5.69. The van der Waals surface area contributed by atoms with Crippen molar-refractivity contribution >= 4 is 0 Å². The predicted octanol–water partition coefficient (Wildman–Crippen LogP) is 3.99. The minimum absolute atomic E-state index is 0.373. The van der Waals surface area contributed by atoms with Gasteiger partial charge >= 0.3 is 0 Å². The SMILES string of the molecule is CCCNC1CC(OC(C)C(C)C)C1(CC)CC. The predicted molar refractivity (Wildman–Crippen MR) is 78.9 cm³/mol. The lowest BCUT2D eigenvalue weighted by molar-refractivity contribution is -0.170. The van der Waals surface area contributed by atoms with Gasteiger partial charge in [0.25, 0.3) is 0 Å². The number of rotatable bonds is 8. The Bertz CT molecular complexity index is 235. The second kappa shape index (κ2) is 6.91. The van der Waals surface area contributed by atoms with Crippen LogP contribution in [0.2, 0.25) is 0 Å². The van der Waals surface area contributed by atoms with Crippen molar-refractivity contribution < 1.29 is 4.74 Å². The molecule has 108 valence electrons. The van der Waals surface area contributed by atoms with Crippen molar-refractivity contribution in [2.45, 2.75) is 85.5 Å². The molecule has 0 amide bonds. The Balaban J connectivity index is 2.60.